The maximum absolute atomic E-state index is 10.7. The second-order valence-electron chi connectivity index (χ2n) is 4.90. The van der Waals surface area contributed by atoms with Gasteiger partial charge in [0.25, 0.3) is 0 Å². The molecule has 6 heteroatoms. The minimum atomic E-state index is -1.14. The van der Waals surface area contributed by atoms with E-state index in [2.05, 4.69) is 15.3 Å². The molecule has 0 fully saturated rings. The van der Waals surface area contributed by atoms with Crippen LogP contribution in [0.3, 0.4) is 0 Å². The monoisotopic (exact) mass is 239 g/mol. The maximum Gasteiger partial charge on any atom is 0.356 e. The topological polar surface area (TPSA) is 95.3 Å². The summed E-state index contributed by atoms with van der Waals surface area (Å²) in [5.41, 5.74) is -1.80. The van der Waals surface area contributed by atoms with Crippen LogP contribution in [-0.4, -0.2) is 37.3 Å². The number of hydrogen-bond donors (Lipinski definition) is 3. The molecule has 1 heterocycles. The zero-order valence-corrected chi connectivity index (χ0v) is 10.4. The SMILES string of the molecule is CC(C)(O)C(C)(C)Nc1cncc(C(=O)O)n1. The molecule has 94 valence electrons. The van der Waals surface area contributed by atoms with Gasteiger partial charge in [-0.2, -0.15) is 0 Å². The van der Waals surface area contributed by atoms with E-state index in [1.807, 2.05) is 0 Å². The van der Waals surface area contributed by atoms with Crippen LogP contribution in [0, 0.1) is 0 Å². The van der Waals surface area contributed by atoms with Gasteiger partial charge in [0.15, 0.2) is 5.69 Å². The highest BCUT2D eigenvalue weighted by atomic mass is 16.4. The molecule has 3 N–H and O–H groups in total. The molecule has 0 unspecified atom stereocenters. The average Bonchev–Trinajstić information content (AvgIpc) is 2.15. The van der Waals surface area contributed by atoms with Gasteiger partial charge in [0.1, 0.15) is 5.82 Å². The number of carboxylic acids is 1. The van der Waals surface area contributed by atoms with Crippen LogP contribution in [0.2, 0.25) is 0 Å². The minimum Gasteiger partial charge on any atom is -0.476 e. The number of carbonyl (C=O) groups is 1. The lowest BCUT2D eigenvalue weighted by Crippen LogP contribution is -2.51. The highest BCUT2D eigenvalue weighted by molar-refractivity contribution is 5.85. The zero-order chi connectivity index (χ0) is 13.3. The summed E-state index contributed by atoms with van der Waals surface area (Å²) in [6, 6.07) is 0. The van der Waals surface area contributed by atoms with Gasteiger partial charge < -0.3 is 15.5 Å². The van der Waals surface area contributed by atoms with Crippen molar-refractivity contribution < 1.29 is 15.0 Å². The number of nitrogens with zero attached hydrogens (tertiary/aromatic N) is 2. The van der Waals surface area contributed by atoms with Crippen molar-refractivity contribution in [3.05, 3.63) is 18.1 Å². The van der Waals surface area contributed by atoms with E-state index in [-0.39, 0.29) is 5.69 Å². The molecule has 0 aliphatic carbocycles. The fraction of sp³-hybridized carbons (Fsp3) is 0.545. The number of hydrogen-bond acceptors (Lipinski definition) is 5. The van der Waals surface area contributed by atoms with Crippen LogP contribution >= 0.6 is 0 Å². The van der Waals surface area contributed by atoms with Crippen LogP contribution in [-0.2, 0) is 0 Å². The molecular weight excluding hydrogens is 222 g/mol. The Bertz CT molecular complexity index is 424. The van der Waals surface area contributed by atoms with Gasteiger partial charge in [-0.05, 0) is 27.7 Å². The summed E-state index contributed by atoms with van der Waals surface area (Å²) >= 11 is 0. The maximum atomic E-state index is 10.7. The van der Waals surface area contributed by atoms with Crippen LogP contribution in [0.5, 0.6) is 0 Å². The Morgan fingerprint density at radius 2 is 1.88 bits per heavy atom. The zero-order valence-electron chi connectivity index (χ0n) is 10.4. The van der Waals surface area contributed by atoms with E-state index >= 15 is 0 Å². The van der Waals surface area contributed by atoms with Crippen LogP contribution in [0.15, 0.2) is 12.4 Å². The first-order chi connectivity index (χ1) is 7.63. The second-order valence-corrected chi connectivity index (χ2v) is 4.90. The normalized spacial score (nSPS) is 12.3. The van der Waals surface area contributed by atoms with E-state index in [4.69, 9.17) is 5.11 Å². The van der Waals surface area contributed by atoms with E-state index in [0.717, 1.165) is 0 Å². The van der Waals surface area contributed by atoms with Gasteiger partial charge in [-0.25, -0.2) is 9.78 Å². The van der Waals surface area contributed by atoms with Gasteiger partial charge >= 0.3 is 5.97 Å². The first-order valence-corrected chi connectivity index (χ1v) is 5.19. The predicted octanol–water partition coefficient (Wildman–Crippen LogP) is 1.14. The fourth-order valence-corrected chi connectivity index (χ4v) is 1.00. The number of aliphatic hydroxyl groups is 1. The van der Waals surface area contributed by atoms with Crippen molar-refractivity contribution in [2.45, 2.75) is 38.8 Å². The van der Waals surface area contributed by atoms with E-state index in [9.17, 15) is 9.90 Å². The Kier molecular flexibility index (Phi) is 3.38. The summed E-state index contributed by atoms with van der Waals surface area (Å²) in [4.78, 5) is 18.4. The number of aromatic nitrogens is 2. The van der Waals surface area contributed by atoms with Gasteiger partial charge in [0, 0.05) is 0 Å². The van der Waals surface area contributed by atoms with Crippen LogP contribution < -0.4 is 5.32 Å². The van der Waals surface area contributed by atoms with E-state index in [0.29, 0.717) is 5.82 Å². The van der Waals surface area contributed by atoms with Crippen molar-refractivity contribution in [3.8, 4) is 0 Å². The third kappa shape index (κ3) is 3.13. The van der Waals surface area contributed by atoms with Gasteiger partial charge in [0.05, 0.1) is 23.5 Å². The summed E-state index contributed by atoms with van der Waals surface area (Å²) < 4.78 is 0. The molecule has 6 nitrogen and oxygen atoms in total. The van der Waals surface area contributed by atoms with Crippen molar-refractivity contribution >= 4 is 11.8 Å². The molecule has 0 aliphatic heterocycles. The molecule has 0 amide bonds. The highest BCUT2D eigenvalue weighted by Crippen LogP contribution is 2.24. The fourth-order valence-electron chi connectivity index (χ4n) is 1.00. The van der Waals surface area contributed by atoms with E-state index in [1.165, 1.54) is 12.4 Å². The Balaban J connectivity index is 2.96. The van der Waals surface area contributed by atoms with Crippen molar-refractivity contribution in [2.24, 2.45) is 0 Å². The summed E-state index contributed by atoms with van der Waals surface area (Å²) in [5.74, 6) is -0.820. The predicted molar refractivity (Wildman–Crippen MR) is 63.0 cm³/mol. The van der Waals surface area contributed by atoms with Gasteiger partial charge in [-0.3, -0.25) is 4.98 Å². The number of carboxylic acid groups (broad SMARTS) is 1. The minimum absolute atomic E-state index is 0.137. The molecule has 1 aromatic heterocycles. The number of rotatable bonds is 4. The molecule has 0 aliphatic rings. The molecule has 0 aromatic carbocycles. The summed E-state index contributed by atoms with van der Waals surface area (Å²) in [6.07, 6.45) is 2.59. The highest BCUT2D eigenvalue weighted by Gasteiger charge is 2.35. The Labute approximate surface area is 99.7 Å². The number of anilines is 1. The van der Waals surface area contributed by atoms with Crippen LogP contribution in [0.4, 0.5) is 5.82 Å². The van der Waals surface area contributed by atoms with Crippen molar-refractivity contribution in [1.82, 2.24) is 9.97 Å². The Morgan fingerprint density at radius 3 is 2.35 bits per heavy atom. The smallest absolute Gasteiger partial charge is 0.356 e. The molecule has 1 rings (SSSR count). The largest absolute Gasteiger partial charge is 0.476 e. The summed E-state index contributed by atoms with van der Waals surface area (Å²) in [6.45, 7) is 6.91. The molecule has 0 radical (unpaired) electrons. The third-order valence-electron chi connectivity index (χ3n) is 2.82. The number of aromatic carboxylic acids is 1. The lowest BCUT2D eigenvalue weighted by atomic mass is 9.86. The van der Waals surface area contributed by atoms with E-state index in [1.54, 1.807) is 27.7 Å². The van der Waals surface area contributed by atoms with Crippen LogP contribution in [0.25, 0.3) is 0 Å². The second kappa shape index (κ2) is 4.29. The molecule has 0 atom stereocenters. The molecule has 0 saturated heterocycles. The first-order valence-electron chi connectivity index (χ1n) is 5.19. The molecule has 1 aromatic rings. The molecule has 0 spiro atoms. The third-order valence-corrected chi connectivity index (χ3v) is 2.82. The van der Waals surface area contributed by atoms with Crippen molar-refractivity contribution in [3.63, 3.8) is 0 Å². The summed E-state index contributed by atoms with van der Waals surface area (Å²) in [5, 5.41) is 21.7. The molecule has 17 heavy (non-hydrogen) atoms. The number of nitrogens with one attached hydrogen (secondary N) is 1. The first kappa shape index (κ1) is 13.4. The quantitative estimate of drug-likeness (QED) is 0.729. The lowest BCUT2D eigenvalue weighted by Gasteiger charge is -2.38. The summed E-state index contributed by atoms with van der Waals surface area (Å²) in [7, 11) is 0. The Morgan fingerprint density at radius 1 is 1.29 bits per heavy atom. The van der Waals surface area contributed by atoms with Crippen molar-refractivity contribution in [1.29, 1.82) is 0 Å². The Hall–Kier alpha value is -1.69. The lowest BCUT2D eigenvalue weighted by molar-refractivity contribution is 0.0238. The molecule has 0 saturated carbocycles. The molecule has 0 bridgehead atoms. The van der Waals surface area contributed by atoms with Gasteiger partial charge in [-0.15, -0.1) is 0 Å². The van der Waals surface area contributed by atoms with Crippen LogP contribution in [0.1, 0.15) is 38.2 Å². The van der Waals surface area contributed by atoms with Crippen molar-refractivity contribution in [2.75, 3.05) is 5.32 Å². The molecular formula is C11H17N3O3. The van der Waals surface area contributed by atoms with E-state index < -0.39 is 17.1 Å². The average molecular weight is 239 g/mol. The standard InChI is InChI=1S/C11H17N3O3/c1-10(2,11(3,4)17)14-8-6-12-5-7(13-8)9(15)16/h5-6,17H,1-4H3,(H,13,14)(H,15,16). The van der Waals surface area contributed by atoms with Gasteiger partial charge in [-0.1, -0.05) is 0 Å². The van der Waals surface area contributed by atoms with Gasteiger partial charge in [0.2, 0.25) is 0 Å².